The van der Waals surface area contributed by atoms with E-state index in [4.69, 9.17) is 9.47 Å². The lowest BCUT2D eigenvalue weighted by Crippen LogP contribution is -2.61. The number of nitrogens with zero attached hydrogens (tertiary/aromatic N) is 4. The van der Waals surface area contributed by atoms with Crippen molar-refractivity contribution in [3.63, 3.8) is 0 Å². The van der Waals surface area contributed by atoms with Gasteiger partial charge in [0.1, 0.15) is 17.7 Å². The lowest BCUT2D eigenvalue weighted by atomic mass is 9.75. The van der Waals surface area contributed by atoms with Crippen LogP contribution in [0.15, 0.2) is 17.4 Å². The topological polar surface area (TPSA) is 71.9 Å². The molecule has 1 spiro atoms. The van der Waals surface area contributed by atoms with Gasteiger partial charge >= 0.3 is 0 Å². The highest BCUT2D eigenvalue weighted by Crippen LogP contribution is 2.40. The first kappa shape index (κ1) is 12.8. The highest BCUT2D eigenvalue weighted by molar-refractivity contribution is 5.89. The zero-order valence-electron chi connectivity index (χ0n) is 12.1. The normalized spacial score (nSPS) is 33.7. The number of fused-ring (bicyclic) bond motifs is 2. The average Bonchev–Trinajstić information content (AvgIpc) is 2.91. The molecule has 21 heavy (non-hydrogen) atoms. The Balaban J connectivity index is 1.46. The number of aromatic nitrogens is 2. The summed E-state index contributed by atoms with van der Waals surface area (Å²) in [6, 6.07) is 2.29. The Morgan fingerprint density at radius 3 is 2.95 bits per heavy atom. The standard InChI is InChI=1S/C14H19N5O2/c1-20-12-6-11(16-9-17-12)18-13-15-7-14(21-13)8-19-4-2-10(14)3-5-19/h6,9-10H,2-5,7-8H2,1H3,(H,15,16,17,18)/t14-/m0/s1. The molecule has 5 heterocycles. The molecule has 2 bridgehead atoms. The van der Waals surface area contributed by atoms with Crippen LogP contribution >= 0.6 is 0 Å². The van der Waals surface area contributed by atoms with Crippen molar-refractivity contribution in [1.82, 2.24) is 14.9 Å². The Labute approximate surface area is 123 Å². The fourth-order valence-electron chi connectivity index (χ4n) is 3.58. The largest absolute Gasteiger partial charge is 0.481 e. The third-order valence-corrected chi connectivity index (χ3v) is 4.70. The molecule has 112 valence electrons. The van der Waals surface area contributed by atoms with Gasteiger partial charge in [-0.1, -0.05) is 0 Å². The van der Waals surface area contributed by atoms with Crippen LogP contribution in [0.3, 0.4) is 0 Å². The molecule has 3 fully saturated rings. The number of nitrogens with one attached hydrogen (secondary N) is 1. The molecule has 1 atom stereocenters. The zero-order valence-corrected chi connectivity index (χ0v) is 12.1. The number of anilines is 1. The zero-order chi connectivity index (χ0) is 14.3. The minimum Gasteiger partial charge on any atom is -0.481 e. The molecule has 1 N–H and O–H groups in total. The van der Waals surface area contributed by atoms with Gasteiger partial charge in [0.25, 0.3) is 6.02 Å². The number of rotatable bonds is 2. The molecule has 0 unspecified atom stereocenters. The van der Waals surface area contributed by atoms with Crippen molar-refractivity contribution in [1.29, 1.82) is 0 Å². The predicted octanol–water partition coefficient (Wildman–Crippen LogP) is 0.748. The Bertz CT molecular complexity index is 570. The second-order valence-corrected chi connectivity index (χ2v) is 5.91. The Hall–Kier alpha value is -1.89. The van der Waals surface area contributed by atoms with Crippen LogP contribution in [0.2, 0.25) is 0 Å². The highest BCUT2D eigenvalue weighted by atomic mass is 16.5. The van der Waals surface area contributed by atoms with E-state index in [2.05, 4.69) is 25.2 Å². The number of methoxy groups -OCH3 is 1. The number of aliphatic imine (C=N–C) groups is 1. The van der Waals surface area contributed by atoms with Crippen LogP contribution in [0.5, 0.6) is 5.88 Å². The first-order valence-electron chi connectivity index (χ1n) is 7.36. The molecule has 7 nitrogen and oxygen atoms in total. The molecule has 0 radical (unpaired) electrons. The summed E-state index contributed by atoms with van der Waals surface area (Å²) >= 11 is 0. The summed E-state index contributed by atoms with van der Waals surface area (Å²) < 4.78 is 11.3. The van der Waals surface area contributed by atoms with Gasteiger partial charge in [-0.3, -0.25) is 10.2 Å². The van der Waals surface area contributed by atoms with Gasteiger partial charge in [0.2, 0.25) is 5.88 Å². The van der Waals surface area contributed by atoms with Crippen LogP contribution in [0.1, 0.15) is 12.8 Å². The van der Waals surface area contributed by atoms with Gasteiger partial charge in [-0.05, 0) is 25.9 Å². The molecule has 5 rings (SSSR count). The van der Waals surface area contributed by atoms with E-state index in [-0.39, 0.29) is 5.60 Å². The molecule has 3 saturated heterocycles. The number of hydrogen-bond acceptors (Lipinski definition) is 7. The van der Waals surface area contributed by atoms with Gasteiger partial charge in [-0.2, -0.15) is 0 Å². The monoisotopic (exact) mass is 289 g/mol. The maximum atomic E-state index is 6.20. The van der Waals surface area contributed by atoms with Crippen LogP contribution in [0, 0.1) is 5.92 Å². The number of ether oxygens (including phenoxy) is 2. The third kappa shape index (κ3) is 2.21. The molecule has 0 amide bonds. The van der Waals surface area contributed by atoms with Crippen molar-refractivity contribution in [2.75, 3.05) is 38.6 Å². The van der Waals surface area contributed by atoms with E-state index in [1.165, 1.54) is 32.3 Å². The number of hydrogen-bond donors (Lipinski definition) is 1. The first-order valence-corrected chi connectivity index (χ1v) is 7.36. The second-order valence-electron chi connectivity index (χ2n) is 5.91. The third-order valence-electron chi connectivity index (χ3n) is 4.70. The summed E-state index contributed by atoms with van der Waals surface area (Å²) in [4.78, 5) is 15.2. The van der Waals surface area contributed by atoms with Crippen LogP contribution in [0.25, 0.3) is 0 Å². The first-order chi connectivity index (χ1) is 10.3. The molecule has 0 saturated carbocycles. The maximum Gasteiger partial charge on any atom is 0.291 e. The minimum absolute atomic E-state index is 0.129. The summed E-state index contributed by atoms with van der Waals surface area (Å²) in [6.45, 7) is 4.11. The number of piperidine rings is 3. The summed E-state index contributed by atoms with van der Waals surface area (Å²) in [5, 5.41) is 3.12. The molecular formula is C14H19N5O2. The van der Waals surface area contributed by atoms with Gasteiger partial charge in [-0.15, -0.1) is 0 Å². The lowest BCUT2D eigenvalue weighted by Gasteiger charge is -2.50. The van der Waals surface area contributed by atoms with Gasteiger partial charge in [0, 0.05) is 18.5 Å². The molecule has 1 aromatic rings. The summed E-state index contributed by atoms with van der Waals surface area (Å²) in [5.74, 6) is 1.77. The van der Waals surface area contributed by atoms with E-state index in [1.54, 1.807) is 13.2 Å². The van der Waals surface area contributed by atoms with Crippen molar-refractivity contribution in [3.8, 4) is 5.88 Å². The van der Waals surface area contributed by atoms with Crippen molar-refractivity contribution >= 4 is 11.8 Å². The van der Waals surface area contributed by atoms with Gasteiger partial charge in [0.05, 0.1) is 13.7 Å². The molecule has 0 aromatic carbocycles. The molecule has 4 aliphatic rings. The molecule has 1 aromatic heterocycles. The lowest BCUT2D eigenvalue weighted by molar-refractivity contribution is -0.0829. The Kier molecular flexibility index (Phi) is 2.95. The summed E-state index contributed by atoms with van der Waals surface area (Å²) in [7, 11) is 1.58. The fraction of sp³-hybridized carbons (Fsp3) is 0.643. The van der Waals surface area contributed by atoms with Crippen LogP contribution in [0.4, 0.5) is 5.82 Å². The quantitative estimate of drug-likeness (QED) is 0.866. The van der Waals surface area contributed by atoms with E-state index >= 15 is 0 Å². The Morgan fingerprint density at radius 1 is 1.38 bits per heavy atom. The average molecular weight is 289 g/mol. The van der Waals surface area contributed by atoms with Crippen molar-refractivity contribution in [2.45, 2.75) is 18.4 Å². The van der Waals surface area contributed by atoms with E-state index in [0.29, 0.717) is 23.6 Å². The second kappa shape index (κ2) is 4.84. The van der Waals surface area contributed by atoms with E-state index in [0.717, 1.165) is 13.1 Å². The Morgan fingerprint density at radius 2 is 2.24 bits per heavy atom. The molecule has 0 aliphatic carbocycles. The smallest absolute Gasteiger partial charge is 0.291 e. The van der Waals surface area contributed by atoms with Crippen molar-refractivity contribution in [2.24, 2.45) is 10.9 Å². The van der Waals surface area contributed by atoms with E-state index in [1.807, 2.05) is 0 Å². The van der Waals surface area contributed by atoms with Gasteiger partial charge in [-0.25, -0.2) is 15.0 Å². The minimum atomic E-state index is -0.129. The highest BCUT2D eigenvalue weighted by Gasteiger charge is 2.51. The fourth-order valence-corrected chi connectivity index (χ4v) is 3.58. The van der Waals surface area contributed by atoms with Gasteiger partial charge < -0.3 is 9.47 Å². The summed E-state index contributed by atoms with van der Waals surface area (Å²) in [5.41, 5.74) is -0.129. The summed E-state index contributed by atoms with van der Waals surface area (Å²) in [6.07, 6.45) is 3.88. The SMILES string of the molecule is COc1cc(NC2=NC[C@@]3(CN4CCC3CC4)O2)ncn1. The van der Waals surface area contributed by atoms with Gasteiger partial charge in [0.15, 0.2) is 0 Å². The predicted molar refractivity (Wildman–Crippen MR) is 77.5 cm³/mol. The van der Waals surface area contributed by atoms with Crippen LogP contribution in [-0.2, 0) is 4.74 Å². The van der Waals surface area contributed by atoms with Crippen LogP contribution < -0.4 is 10.1 Å². The van der Waals surface area contributed by atoms with Crippen LogP contribution in [-0.4, -0.2) is 59.8 Å². The van der Waals surface area contributed by atoms with E-state index < -0.39 is 0 Å². The maximum absolute atomic E-state index is 6.20. The number of amidine groups is 1. The van der Waals surface area contributed by atoms with E-state index in [9.17, 15) is 0 Å². The van der Waals surface area contributed by atoms with Crippen molar-refractivity contribution < 1.29 is 9.47 Å². The molecule has 7 heteroatoms. The molecular weight excluding hydrogens is 270 g/mol. The van der Waals surface area contributed by atoms with Crippen molar-refractivity contribution in [3.05, 3.63) is 12.4 Å². The molecule has 4 aliphatic heterocycles.